The summed E-state index contributed by atoms with van der Waals surface area (Å²) in [6.07, 6.45) is -3.54. The average Bonchev–Trinajstić information content (AvgIpc) is 3.41. The number of piperidine rings is 1. The molecule has 1 saturated heterocycles. The van der Waals surface area contributed by atoms with Gasteiger partial charge in [0.25, 0.3) is 0 Å². The van der Waals surface area contributed by atoms with Gasteiger partial charge in [0.2, 0.25) is 0 Å². The number of hydrogen-bond donors (Lipinski definition) is 3. The molecule has 2 aliphatic rings. The summed E-state index contributed by atoms with van der Waals surface area (Å²) >= 11 is 7.25. The summed E-state index contributed by atoms with van der Waals surface area (Å²) in [5.41, 5.74) is 0.280. The van der Waals surface area contributed by atoms with Crippen molar-refractivity contribution >= 4 is 51.7 Å². The lowest BCUT2D eigenvalue weighted by atomic mass is 9.72. The number of aromatic hydroxyl groups is 1. The summed E-state index contributed by atoms with van der Waals surface area (Å²) in [7, 11) is 0. The van der Waals surface area contributed by atoms with Crippen LogP contribution in [0.3, 0.4) is 0 Å². The molecule has 0 bridgehead atoms. The van der Waals surface area contributed by atoms with Crippen molar-refractivity contribution in [3.63, 3.8) is 0 Å². The van der Waals surface area contributed by atoms with Crippen molar-refractivity contribution in [3.8, 4) is 5.75 Å². The molecule has 3 N–H and O–H groups in total. The van der Waals surface area contributed by atoms with E-state index in [4.69, 9.17) is 11.6 Å². The number of likely N-dealkylation sites (tertiary alicyclic amines) is 1. The highest BCUT2D eigenvalue weighted by atomic mass is 35.5. The molecule has 6 nitrogen and oxygen atoms in total. The molecule has 1 spiro atoms. The number of rotatable bonds is 4. The fourth-order valence-electron chi connectivity index (χ4n) is 5.99. The molecule has 2 aromatic carbocycles. The van der Waals surface area contributed by atoms with Crippen LogP contribution >= 0.6 is 22.9 Å². The molecule has 1 aromatic heterocycles. The van der Waals surface area contributed by atoms with Crippen molar-refractivity contribution in [1.82, 2.24) is 4.90 Å². The predicted molar refractivity (Wildman–Crippen MR) is 155 cm³/mol. The van der Waals surface area contributed by atoms with Crippen LogP contribution in [0, 0.1) is 5.41 Å². The molecular formula is C29H32ClF3N4O2S. The van der Waals surface area contributed by atoms with Crippen molar-refractivity contribution in [2.75, 3.05) is 41.7 Å². The number of carbonyl (C=O) groups excluding carboxylic acids is 1. The number of phenolic OH excluding ortho intramolecular Hbond substituents is 1. The highest BCUT2D eigenvalue weighted by Crippen LogP contribution is 2.57. The van der Waals surface area contributed by atoms with E-state index in [0.717, 1.165) is 18.7 Å². The van der Waals surface area contributed by atoms with E-state index >= 15 is 0 Å². The van der Waals surface area contributed by atoms with Crippen LogP contribution in [-0.2, 0) is 11.6 Å². The second kappa shape index (κ2) is 10.5. The van der Waals surface area contributed by atoms with Gasteiger partial charge in [-0.05, 0) is 67.2 Å². The number of thiophene rings is 1. The number of halogens is 4. The Hall–Kier alpha value is -2.95. The Balaban J connectivity index is 1.52. The summed E-state index contributed by atoms with van der Waals surface area (Å²) in [6, 6.07) is 10.2. The minimum Gasteiger partial charge on any atom is -0.506 e. The molecule has 0 unspecified atom stereocenters. The zero-order valence-corrected chi connectivity index (χ0v) is 24.1. The standard InChI is InChI=1S/C29H32ClF3N4O2S/c1-27(2,3)16-36-12-10-28(11-13-36)17-37(25-22(38)9-8-19(24(25)28)29(31,32)33)21-7-5-4-6-20(21)35-26(39)34-18-14-23(30)40-15-18/h4-9,14-15,38H,10-13,16-17H2,1-3H3,(H2,34,35,39). The molecular weight excluding hydrogens is 561 g/mol. The lowest BCUT2D eigenvalue weighted by Crippen LogP contribution is -2.47. The first-order valence-corrected chi connectivity index (χ1v) is 14.4. The van der Waals surface area contributed by atoms with Crippen LogP contribution in [0.1, 0.15) is 44.7 Å². The number of anilines is 4. The van der Waals surface area contributed by atoms with E-state index in [2.05, 4.69) is 36.3 Å². The van der Waals surface area contributed by atoms with Crippen LogP contribution in [0.15, 0.2) is 47.8 Å². The van der Waals surface area contributed by atoms with Crippen molar-refractivity contribution in [3.05, 3.63) is 63.3 Å². The molecule has 3 heterocycles. The van der Waals surface area contributed by atoms with Crippen molar-refractivity contribution in [2.24, 2.45) is 5.41 Å². The Morgan fingerprint density at radius 1 is 1.10 bits per heavy atom. The smallest absolute Gasteiger partial charge is 0.416 e. The third kappa shape index (κ3) is 5.75. The lowest BCUT2D eigenvalue weighted by Gasteiger charge is -2.42. The minimum atomic E-state index is -4.58. The predicted octanol–water partition coefficient (Wildman–Crippen LogP) is 8.30. The number of nitrogens with one attached hydrogen (secondary N) is 2. The Labute approximate surface area is 240 Å². The molecule has 0 saturated carbocycles. The number of para-hydroxylation sites is 2. The Morgan fingerprint density at radius 3 is 2.42 bits per heavy atom. The van der Waals surface area contributed by atoms with E-state index in [0.29, 0.717) is 47.3 Å². The van der Waals surface area contributed by atoms with Crippen LogP contribution in [0.25, 0.3) is 0 Å². The fraction of sp³-hybridized carbons (Fsp3) is 0.414. The van der Waals surface area contributed by atoms with Gasteiger partial charge in [-0.25, -0.2) is 4.79 Å². The molecule has 1 fully saturated rings. The zero-order valence-electron chi connectivity index (χ0n) is 22.5. The first-order chi connectivity index (χ1) is 18.8. The minimum absolute atomic E-state index is 0.0685. The van der Waals surface area contributed by atoms with Crippen molar-refractivity contribution < 1.29 is 23.1 Å². The van der Waals surface area contributed by atoms with Crippen molar-refractivity contribution in [2.45, 2.75) is 45.2 Å². The molecule has 2 amide bonds. The number of fused-ring (bicyclic) bond motifs is 2. The van der Waals surface area contributed by atoms with Crippen molar-refractivity contribution in [1.29, 1.82) is 0 Å². The highest BCUT2D eigenvalue weighted by Gasteiger charge is 2.52. The largest absolute Gasteiger partial charge is 0.506 e. The number of carbonyl (C=O) groups is 1. The topological polar surface area (TPSA) is 67.8 Å². The van der Waals surface area contributed by atoms with Gasteiger partial charge < -0.3 is 25.5 Å². The second-order valence-electron chi connectivity index (χ2n) is 11.8. The van der Waals surface area contributed by atoms with E-state index in [1.54, 1.807) is 40.6 Å². The Morgan fingerprint density at radius 2 is 1.80 bits per heavy atom. The van der Waals surface area contributed by atoms with Gasteiger partial charge in [0, 0.05) is 23.9 Å². The van der Waals surface area contributed by atoms with Gasteiger partial charge in [0.1, 0.15) is 5.75 Å². The van der Waals surface area contributed by atoms with Crippen LogP contribution in [0.2, 0.25) is 4.34 Å². The first-order valence-electron chi connectivity index (χ1n) is 13.1. The number of urea groups is 1. The van der Waals surface area contributed by atoms with E-state index in [9.17, 15) is 23.1 Å². The number of nitrogens with zero attached hydrogens (tertiary/aromatic N) is 2. The third-order valence-electron chi connectivity index (χ3n) is 7.50. The molecule has 0 atom stereocenters. The summed E-state index contributed by atoms with van der Waals surface area (Å²) in [5.74, 6) is -0.218. The summed E-state index contributed by atoms with van der Waals surface area (Å²) in [4.78, 5) is 16.9. The van der Waals surface area contributed by atoms with Crippen LogP contribution in [0.5, 0.6) is 5.75 Å². The maximum Gasteiger partial charge on any atom is 0.416 e. The van der Waals surface area contributed by atoms with Gasteiger partial charge >= 0.3 is 12.2 Å². The Bertz CT molecular complexity index is 1410. The molecule has 214 valence electrons. The molecule has 40 heavy (non-hydrogen) atoms. The number of alkyl halides is 3. The molecule has 2 aliphatic heterocycles. The van der Waals surface area contributed by atoms with Crippen LogP contribution in [-0.4, -0.2) is 42.2 Å². The highest BCUT2D eigenvalue weighted by molar-refractivity contribution is 7.14. The van der Waals surface area contributed by atoms with Gasteiger partial charge in [-0.3, -0.25) is 0 Å². The molecule has 11 heteroatoms. The summed E-state index contributed by atoms with van der Waals surface area (Å²) in [5, 5.41) is 18.3. The maximum atomic E-state index is 14.4. The summed E-state index contributed by atoms with van der Waals surface area (Å²) in [6.45, 7) is 8.87. The van der Waals surface area contributed by atoms with Gasteiger partial charge in [0.05, 0.1) is 32.6 Å². The number of amides is 2. The van der Waals surface area contributed by atoms with E-state index < -0.39 is 23.2 Å². The number of benzene rings is 2. The molecule has 0 radical (unpaired) electrons. The molecule has 3 aromatic rings. The molecule has 0 aliphatic carbocycles. The van der Waals surface area contributed by atoms with E-state index in [-0.39, 0.29) is 29.0 Å². The van der Waals surface area contributed by atoms with Crippen LogP contribution in [0.4, 0.5) is 40.7 Å². The SMILES string of the molecule is CC(C)(C)CN1CCC2(CC1)CN(c1ccccc1NC(=O)Nc1csc(Cl)c1)c1c(O)ccc(C(F)(F)F)c12. The maximum absolute atomic E-state index is 14.4. The first kappa shape index (κ1) is 28.6. The fourth-order valence-corrected chi connectivity index (χ4v) is 6.80. The van der Waals surface area contributed by atoms with Gasteiger partial charge in [0.15, 0.2) is 0 Å². The number of phenols is 1. The van der Waals surface area contributed by atoms with Gasteiger partial charge in [-0.1, -0.05) is 44.5 Å². The third-order valence-corrected chi connectivity index (χ3v) is 8.59. The van der Waals surface area contributed by atoms with Crippen LogP contribution < -0.4 is 15.5 Å². The second-order valence-corrected chi connectivity index (χ2v) is 13.3. The monoisotopic (exact) mass is 592 g/mol. The van der Waals surface area contributed by atoms with Gasteiger partial charge in [-0.15, -0.1) is 11.3 Å². The average molecular weight is 593 g/mol. The number of hydrogen-bond acceptors (Lipinski definition) is 5. The van der Waals surface area contributed by atoms with E-state index in [1.807, 2.05) is 0 Å². The zero-order chi connectivity index (χ0) is 28.9. The molecule has 5 rings (SSSR count). The lowest BCUT2D eigenvalue weighted by molar-refractivity contribution is -0.138. The van der Waals surface area contributed by atoms with Gasteiger partial charge in [-0.2, -0.15) is 13.2 Å². The summed E-state index contributed by atoms with van der Waals surface area (Å²) < 4.78 is 43.8. The Kier molecular flexibility index (Phi) is 7.48. The normalized spacial score (nSPS) is 17.2. The van der Waals surface area contributed by atoms with E-state index in [1.165, 1.54) is 11.3 Å². The quantitative estimate of drug-likeness (QED) is 0.285.